The number of benzene rings is 8. The average Bonchev–Trinajstić information content (AvgIpc) is 3.71. The molecule has 4 nitrogen and oxygen atoms in total. The number of hydrogen-bond donors (Lipinski definition) is 0. The van der Waals surface area contributed by atoms with E-state index in [2.05, 4.69) is 156 Å². The van der Waals surface area contributed by atoms with Gasteiger partial charge in [-0.15, -0.1) is 0 Å². The van der Waals surface area contributed by atoms with Gasteiger partial charge >= 0.3 is 0 Å². The molecular weight excluding hydrogens is 621 g/mol. The minimum atomic E-state index is 0.637. The van der Waals surface area contributed by atoms with Gasteiger partial charge in [-0.05, 0) is 68.7 Å². The van der Waals surface area contributed by atoms with Gasteiger partial charge in [-0.25, -0.2) is 15.0 Å². The van der Waals surface area contributed by atoms with Gasteiger partial charge in [-0.3, -0.25) is 0 Å². The molecule has 0 bridgehead atoms. The number of fused-ring (bicyclic) bond motifs is 7. The smallest absolute Gasteiger partial charge is 0.164 e. The second kappa shape index (κ2) is 10.8. The molecule has 4 heteroatoms. The number of hydrogen-bond acceptors (Lipinski definition) is 3. The highest BCUT2D eigenvalue weighted by Crippen LogP contribution is 2.48. The quantitative estimate of drug-likeness (QED) is 0.191. The molecule has 0 saturated carbocycles. The number of aromatic nitrogens is 4. The molecule has 0 radical (unpaired) electrons. The van der Waals surface area contributed by atoms with E-state index in [1.54, 1.807) is 0 Å². The van der Waals surface area contributed by atoms with Crippen molar-refractivity contribution in [1.29, 1.82) is 0 Å². The molecule has 11 rings (SSSR count). The number of rotatable bonds is 4. The van der Waals surface area contributed by atoms with Crippen LogP contribution >= 0.6 is 0 Å². The van der Waals surface area contributed by atoms with Crippen LogP contribution in [0.25, 0.3) is 105 Å². The SMILES string of the molecule is c1ccc(-c2nc(-c3ccc4c(c3)-c3cccc5cccc-4c35)nc(-c3cc(-n4c5ccccc5c5ccccc54)c4ccccc4c3)n2)cc1. The first kappa shape index (κ1) is 28.0. The van der Waals surface area contributed by atoms with Crippen LogP contribution in [0.2, 0.25) is 0 Å². The fraction of sp³-hybridized carbons (Fsp3) is 0. The molecule has 51 heavy (non-hydrogen) atoms. The molecule has 0 N–H and O–H groups in total. The largest absolute Gasteiger partial charge is 0.309 e. The first-order valence-electron chi connectivity index (χ1n) is 17.3. The van der Waals surface area contributed by atoms with Gasteiger partial charge in [-0.1, -0.05) is 140 Å². The minimum absolute atomic E-state index is 0.637. The Morgan fingerprint density at radius 2 is 0.902 bits per heavy atom. The highest BCUT2D eigenvalue weighted by molar-refractivity contribution is 6.15. The van der Waals surface area contributed by atoms with E-state index in [4.69, 9.17) is 15.0 Å². The lowest BCUT2D eigenvalue weighted by Gasteiger charge is -2.15. The van der Waals surface area contributed by atoms with E-state index >= 15 is 0 Å². The Morgan fingerprint density at radius 1 is 0.333 bits per heavy atom. The van der Waals surface area contributed by atoms with Crippen LogP contribution in [0, 0.1) is 0 Å². The summed E-state index contributed by atoms with van der Waals surface area (Å²) in [7, 11) is 0. The van der Waals surface area contributed by atoms with E-state index in [1.165, 1.54) is 43.8 Å². The van der Waals surface area contributed by atoms with Crippen LogP contribution in [-0.2, 0) is 0 Å². The molecule has 0 amide bonds. The van der Waals surface area contributed by atoms with Crippen molar-refractivity contribution in [3.8, 4) is 62.1 Å². The van der Waals surface area contributed by atoms with Crippen LogP contribution in [0.3, 0.4) is 0 Å². The molecule has 0 aliphatic heterocycles. The van der Waals surface area contributed by atoms with E-state index in [1.807, 2.05) is 18.2 Å². The van der Waals surface area contributed by atoms with E-state index in [9.17, 15) is 0 Å². The second-order valence-corrected chi connectivity index (χ2v) is 13.2. The Kier molecular flexibility index (Phi) is 5.92. The van der Waals surface area contributed by atoms with Gasteiger partial charge in [-0.2, -0.15) is 0 Å². The van der Waals surface area contributed by atoms with E-state index in [-0.39, 0.29) is 0 Å². The van der Waals surface area contributed by atoms with Gasteiger partial charge in [0.15, 0.2) is 17.5 Å². The second-order valence-electron chi connectivity index (χ2n) is 13.2. The van der Waals surface area contributed by atoms with Gasteiger partial charge in [0.1, 0.15) is 0 Å². The van der Waals surface area contributed by atoms with Crippen molar-refractivity contribution in [2.45, 2.75) is 0 Å². The van der Waals surface area contributed by atoms with Crippen molar-refractivity contribution in [2.24, 2.45) is 0 Å². The fourth-order valence-electron chi connectivity index (χ4n) is 8.07. The van der Waals surface area contributed by atoms with Crippen molar-refractivity contribution >= 4 is 43.4 Å². The maximum atomic E-state index is 5.25. The monoisotopic (exact) mass is 648 g/mol. The Labute approximate surface area is 294 Å². The summed E-state index contributed by atoms with van der Waals surface area (Å²) < 4.78 is 2.38. The topological polar surface area (TPSA) is 43.6 Å². The van der Waals surface area contributed by atoms with Crippen LogP contribution < -0.4 is 0 Å². The van der Waals surface area contributed by atoms with Crippen LogP contribution in [0.5, 0.6) is 0 Å². The van der Waals surface area contributed by atoms with Gasteiger partial charge < -0.3 is 4.57 Å². The third kappa shape index (κ3) is 4.23. The van der Waals surface area contributed by atoms with Gasteiger partial charge in [0.25, 0.3) is 0 Å². The maximum absolute atomic E-state index is 5.25. The molecular formula is C47H28N4. The summed E-state index contributed by atoms with van der Waals surface area (Å²) in [5, 5.41) is 7.31. The predicted octanol–water partition coefficient (Wildman–Crippen LogP) is 11.9. The molecule has 2 aromatic heterocycles. The molecule has 0 unspecified atom stereocenters. The summed E-state index contributed by atoms with van der Waals surface area (Å²) in [5.41, 5.74) is 11.2. The standard InChI is InChI=1S/C47H28N4/c1-2-12-30(13-3-1)45-48-46(32-24-25-35-38-20-10-15-29-16-11-21-39(44(29)38)40(35)27-32)50-47(49-45)33-26-31-14-4-5-17-34(31)43(28-33)51-41-22-8-6-18-36(41)37-19-7-9-23-42(37)51/h1-28H. The molecule has 0 spiro atoms. The predicted molar refractivity (Wildman–Crippen MR) is 210 cm³/mol. The highest BCUT2D eigenvalue weighted by atomic mass is 15.0. The Balaban J connectivity index is 1.16. The maximum Gasteiger partial charge on any atom is 0.164 e. The molecule has 8 aromatic carbocycles. The summed E-state index contributed by atoms with van der Waals surface area (Å²) >= 11 is 0. The molecule has 10 aromatic rings. The fourth-order valence-corrected chi connectivity index (χ4v) is 8.07. The Morgan fingerprint density at radius 3 is 1.63 bits per heavy atom. The summed E-state index contributed by atoms with van der Waals surface area (Å²) in [4.78, 5) is 15.5. The normalized spacial score (nSPS) is 11.9. The zero-order valence-corrected chi connectivity index (χ0v) is 27.5. The zero-order chi connectivity index (χ0) is 33.5. The third-order valence-corrected chi connectivity index (χ3v) is 10.3. The molecule has 1 aliphatic carbocycles. The molecule has 0 fully saturated rings. The zero-order valence-electron chi connectivity index (χ0n) is 27.5. The van der Waals surface area contributed by atoms with Crippen molar-refractivity contribution in [2.75, 3.05) is 0 Å². The molecule has 0 saturated heterocycles. The summed E-state index contributed by atoms with van der Waals surface area (Å²) in [6.45, 7) is 0. The van der Waals surface area contributed by atoms with E-state index < -0.39 is 0 Å². The molecule has 1 aliphatic rings. The minimum Gasteiger partial charge on any atom is -0.309 e. The third-order valence-electron chi connectivity index (χ3n) is 10.3. The number of para-hydroxylation sites is 2. The summed E-state index contributed by atoms with van der Waals surface area (Å²) in [6.07, 6.45) is 0. The van der Waals surface area contributed by atoms with Crippen LogP contribution in [0.4, 0.5) is 0 Å². The van der Waals surface area contributed by atoms with Crippen molar-refractivity contribution in [1.82, 2.24) is 19.5 Å². The highest BCUT2D eigenvalue weighted by Gasteiger charge is 2.23. The van der Waals surface area contributed by atoms with Crippen LogP contribution in [0.15, 0.2) is 170 Å². The molecule has 236 valence electrons. The van der Waals surface area contributed by atoms with E-state index in [0.717, 1.165) is 44.2 Å². The number of nitrogens with zero attached hydrogens (tertiary/aromatic N) is 4. The Bertz CT molecular complexity index is 2970. The van der Waals surface area contributed by atoms with Crippen molar-refractivity contribution < 1.29 is 0 Å². The van der Waals surface area contributed by atoms with Crippen LogP contribution in [0.1, 0.15) is 0 Å². The van der Waals surface area contributed by atoms with E-state index in [0.29, 0.717) is 17.5 Å². The van der Waals surface area contributed by atoms with Gasteiger partial charge in [0.2, 0.25) is 0 Å². The lowest BCUT2D eigenvalue weighted by atomic mass is 10.0. The summed E-state index contributed by atoms with van der Waals surface area (Å²) in [5.74, 6) is 1.93. The Hall–Kier alpha value is -6.91. The lowest BCUT2D eigenvalue weighted by Crippen LogP contribution is -2.02. The molecule has 0 atom stereocenters. The van der Waals surface area contributed by atoms with Crippen molar-refractivity contribution in [3.05, 3.63) is 170 Å². The lowest BCUT2D eigenvalue weighted by molar-refractivity contribution is 1.07. The summed E-state index contributed by atoms with van der Waals surface area (Å²) in [6, 6.07) is 60.3. The molecule has 2 heterocycles. The van der Waals surface area contributed by atoms with Crippen LogP contribution in [-0.4, -0.2) is 19.5 Å². The van der Waals surface area contributed by atoms with Gasteiger partial charge in [0, 0.05) is 32.8 Å². The first-order valence-corrected chi connectivity index (χ1v) is 17.3. The van der Waals surface area contributed by atoms with Gasteiger partial charge in [0.05, 0.1) is 16.7 Å². The first-order chi connectivity index (χ1) is 25.3. The average molecular weight is 649 g/mol. The van der Waals surface area contributed by atoms with Crippen molar-refractivity contribution in [3.63, 3.8) is 0 Å².